The molecule has 4 aromatic rings. The van der Waals surface area contributed by atoms with E-state index in [9.17, 15) is 14.7 Å². The first-order valence-corrected chi connectivity index (χ1v) is 12.8. The number of thiophene rings is 2. The molecule has 1 atom stereocenters. The van der Waals surface area contributed by atoms with Crippen molar-refractivity contribution < 1.29 is 24.0 Å². The Morgan fingerprint density at radius 1 is 1.20 bits per heavy atom. The van der Waals surface area contributed by atoms with Crippen LogP contribution in [-0.2, 0) is 14.9 Å². The molecule has 2 N–H and O–H groups in total. The van der Waals surface area contributed by atoms with Gasteiger partial charge in [-0.1, -0.05) is 46.6 Å². The Labute approximate surface area is 217 Å². The van der Waals surface area contributed by atoms with Gasteiger partial charge in [0.1, 0.15) is 17.2 Å². The molecule has 1 amide bonds. The third-order valence-corrected chi connectivity index (χ3v) is 8.66. The smallest absolute Gasteiger partial charge is 0.412 e. The molecule has 0 bridgehead atoms. The molecule has 0 saturated heterocycles. The number of benzene rings is 1. The highest BCUT2D eigenvalue weighted by Gasteiger charge is 2.53. The Hall–Kier alpha value is -3.03. The maximum absolute atomic E-state index is 12.4. The standard InChI is InChI=1S/C24H16Cl2N2O5S2/c1-12(14-4-2-3-5-15(14)25)32-23(31)27-20-16(33-28-21(20)26)7-6-13-10-17-18(34-13)11-19(35-17)24(8-9-24)22(29)30/h2-5,10-12H,8-9H2,1H3,(H,27,31)(H,29,30). The Kier molecular flexibility index (Phi) is 6.23. The van der Waals surface area contributed by atoms with Gasteiger partial charge in [-0.2, -0.15) is 0 Å². The summed E-state index contributed by atoms with van der Waals surface area (Å²) in [5, 5.41) is 16.1. The minimum atomic E-state index is -0.770. The van der Waals surface area contributed by atoms with Gasteiger partial charge in [0, 0.05) is 24.9 Å². The normalized spacial score (nSPS) is 14.7. The number of amides is 1. The molecule has 5 rings (SSSR count). The van der Waals surface area contributed by atoms with Gasteiger partial charge in [-0.25, -0.2) is 4.79 Å². The summed E-state index contributed by atoms with van der Waals surface area (Å²) in [4.78, 5) is 25.7. The number of carboxylic acid groups (broad SMARTS) is 1. The lowest BCUT2D eigenvalue weighted by Crippen LogP contribution is -2.17. The largest absolute Gasteiger partial charge is 0.481 e. The number of rotatable bonds is 5. The van der Waals surface area contributed by atoms with Crippen LogP contribution in [0.4, 0.5) is 10.5 Å². The Bertz CT molecular complexity index is 1490. The van der Waals surface area contributed by atoms with Gasteiger partial charge in [-0.05, 0) is 49.8 Å². The number of ether oxygens (including phenoxy) is 1. The first kappa shape index (κ1) is 23.7. The van der Waals surface area contributed by atoms with E-state index in [1.807, 2.05) is 12.1 Å². The van der Waals surface area contributed by atoms with Crippen LogP contribution >= 0.6 is 45.9 Å². The molecule has 1 fully saturated rings. The van der Waals surface area contributed by atoms with Gasteiger partial charge in [0.2, 0.25) is 5.76 Å². The van der Waals surface area contributed by atoms with Crippen molar-refractivity contribution in [3.8, 4) is 11.8 Å². The Morgan fingerprint density at radius 2 is 1.94 bits per heavy atom. The highest BCUT2D eigenvalue weighted by molar-refractivity contribution is 7.28. The second-order valence-corrected chi connectivity index (χ2v) is 10.9. The lowest BCUT2D eigenvalue weighted by Gasteiger charge is -2.15. The van der Waals surface area contributed by atoms with Crippen molar-refractivity contribution in [2.45, 2.75) is 31.3 Å². The Morgan fingerprint density at radius 3 is 2.63 bits per heavy atom. The molecular formula is C24H16Cl2N2O5S2. The quantitative estimate of drug-likeness (QED) is 0.259. The van der Waals surface area contributed by atoms with Crippen LogP contribution in [0.15, 0.2) is 40.9 Å². The van der Waals surface area contributed by atoms with E-state index in [1.165, 1.54) is 22.7 Å². The van der Waals surface area contributed by atoms with Gasteiger partial charge < -0.3 is 14.4 Å². The Balaban J connectivity index is 1.30. The van der Waals surface area contributed by atoms with Gasteiger partial charge in [0.25, 0.3) is 0 Å². The molecule has 7 nitrogen and oxygen atoms in total. The van der Waals surface area contributed by atoms with E-state index in [0.717, 1.165) is 19.2 Å². The number of carbonyl (C=O) groups is 2. The van der Waals surface area contributed by atoms with Crippen LogP contribution in [0.25, 0.3) is 9.40 Å². The van der Waals surface area contributed by atoms with Crippen molar-refractivity contribution >= 4 is 73.0 Å². The molecule has 0 aliphatic heterocycles. The fourth-order valence-corrected chi connectivity index (χ4v) is 6.51. The number of carbonyl (C=O) groups excluding carboxylic acids is 1. The van der Waals surface area contributed by atoms with E-state index in [1.54, 1.807) is 31.2 Å². The molecule has 0 spiro atoms. The molecule has 0 radical (unpaired) electrons. The lowest BCUT2D eigenvalue weighted by molar-refractivity contribution is -0.139. The van der Waals surface area contributed by atoms with Gasteiger partial charge in [0.15, 0.2) is 5.15 Å². The molecule has 1 saturated carbocycles. The third kappa shape index (κ3) is 4.62. The second kappa shape index (κ2) is 9.21. The van der Waals surface area contributed by atoms with Crippen LogP contribution in [0.2, 0.25) is 10.2 Å². The summed E-state index contributed by atoms with van der Waals surface area (Å²) in [6, 6.07) is 10.9. The van der Waals surface area contributed by atoms with Gasteiger partial charge in [0.05, 0.1) is 4.88 Å². The number of halogens is 2. The van der Waals surface area contributed by atoms with E-state index >= 15 is 0 Å². The number of anilines is 1. The summed E-state index contributed by atoms with van der Waals surface area (Å²) in [6.07, 6.45) is -0.0201. The monoisotopic (exact) mass is 546 g/mol. The number of aliphatic carboxylic acids is 1. The third-order valence-electron chi connectivity index (χ3n) is 5.64. The molecule has 1 aliphatic carbocycles. The zero-order valence-corrected chi connectivity index (χ0v) is 21.2. The highest BCUT2D eigenvalue weighted by Crippen LogP contribution is 2.52. The summed E-state index contributed by atoms with van der Waals surface area (Å²) in [5.41, 5.74) is 0.0514. The van der Waals surface area contributed by atoms with Crippen LogP contribution in [0, 0.1) is 11.8 Å². The summed E-state index contributed by atoms with van der Waals surface area (Å²) in [7, 11) is 0. The molecule has 35 heavy (non-hydrogen) atoms. The van der Waals surface area contributed by atoms with Gasteiger partial charge >= 0.3 is 12.1 Å². The second-order valence-electron chi connectivity index (χ2n) is 7.96. The van der Waals surface area contributed by atoms with E-state index in [2.05, 4.69) is 22.3 Å². The SMILES string of the molecule is CC(OC(=O)Nc1c(Cl)noc1C#Cc1cc2sc(C3(C(=O)O)CC3)cc2s1)c1ccccc1Cl. The zero-order valence-electron chi connectivity index (χ0n) is 18.1. The van der Waals surface area contributed by atoms with Crippen molar-refractivity contribution in [3.63, 3.8) is 0 Å². The zero-order chi connectivity index (χ0) is 24.7. The van der Waals surface area contributed by atoms with Crippen LogP contribution in [-0.4, -0.2) is 22.3 Å². The van der Waals surface area contributed by atoms with Crippen molar-refractivity contribution in [1.29, 1.82) is 0 Å². The van der Waals surface area contributed by atoms with Crippen molar-refractivity contribution in [3.05, 3.63) is 67.7 Å². The van der Waals surface area contributed by atoms with Crippen LogP contribution in [0.3, 0.4) is 0 Å². The van der Waals surface area contributed by atoms with Gasteiger partial charge in [-0.15, -0.1) is 22.7 Å². The first-order valence-electron chi connectivity index (χ1n) is 10.4. The van der Waals surface area contributed by atoms with Crippen molar-refractivity contribution in [2.24, 2.45) is 0 Å². The lowest BCUT2D eigenvalue weighted by atomic mass is 10.1. The fraction of sp³-hybridized carbons (Fsp3) is 0.208. The van der Waals surface area contributed by atoms with E-state index < -0.39 is 23.6 Å². The van der Waals surface area contributed by atoms with Crippen LogP contribution in [0.1, 0.15) is 46.9 Å². The average molecular weight is 547 g/mol. The average Bonchev–Trinajstić information content (AvgIpc) is 3.25. The first-order chi connectivity index (χ1) is 16.8. The number of nitrogens with one attached hydrogen (secondary N) is 1. The van der Waals surface area contributed by atoms with E-state index in [4.69, 9.17) is 32.5 Å². The molecule has 11 heteroatoms. The maximum Gasteiger partial charge on any atom is 0.412 e. The topological polar surface area (TPSA) is 102 Å². The molecule has 178 valence electrons. The minimum absolute atomic E-state index is 0.0585. The molecule has 3 aromatic heterocycles. The summed E-state index contributed by atoms with van der Waals surface area (Å²) >= 11 is 15.2. The summed E-state index contributed by atoms with van der Waals surface area (Å²) in [6.45, 7) is 1.70. The van der Waals surface area contributed by atoms with Crippen molar-refractivity contribution in [1.82, 2.24) is 5.16 Å². The number of nitrogens with zero attached hydrogens (tertiary/aromatic N) is 1. The maximum atomic E-state index is 12.4. The molecule has 1 unspecified atom stereocenters. The molecule has 1 aliphatic rings. The van der Waals surface area contributed by atoms with E-state index in [0.29, 0.717) is 23.4 Å². The number of carboxylic acids is 1. The summed E-state index contributed by atoms with van der Waals surface area (Å²) in [5.74, 6) is 5.14. The number of aromatic nitrogens is 1. The van der Waals surface area contributed by atoms with Crippen LogP contribution in [0.5, 0.6) is 0 Å². The minimum Gasteiger partial charge on any atom is -0.481 e. The number of fused-ring (bicyclic) bond motifs is 1. The number of hydrogen-bond donors (Lipinski definition) is 2. The van der Waals surface area contributed by atoms with E-state index in [-0.39, 0.29) is 16.6 Å². The van der Waals surface area contributed by atoms with Gasteiger partial charge in [-0.3, -0.25) is 10.1 Å². The predicted molar refractivity (Wildman–Crippen MR) is 136 cm³/mol. The van der Waals surface area contributed by atoms with Crippen LogP contribution < -0.4 is 5.32 Å². The van der Waals surface area contributed by atoms with Crippen molar-refractivity contribution in [2.75, 3.05) is 5.32 Å². The highest BCUT2D eigenvalue weighted by atomic mass is 35.5. The number of hydrogen-bond acceptors (Lipinski definition) is 7. The summed E-state index contributed by atoms with van der Waals surface area (Å²) < 4.78 is 12.5. The fourth-order valence-electron chi connectivity index (χ4n) is 3.57. The molecule has 1 aromatic carbocycles. The predicted octanol–water partition coefficient (Wildman–Crippen LogP) is 7.08. The molecular weight excluding hydrogens is 531 g/mol. The molecule has 3 heterocycles.